The van der Waals surface area contributed by atoms with Gasteiger partial charge in [0.05, 0.1) is 5.39 Å². The van der Waals surface area contributed by atoms with Gasteiger partial charge in [-0.3, -0.25) is 14.2 Å². The van der Waals surface area contributed by atoms with Gasteiger partial charge in [-0.25, -0.2) is 4.39 Å². The zero-order valence-electron chi connectivity index (χ0n) is 17.3. The third-order valence-electron chi connectivity index (χ3n) is 6.45. The number of carbonyl (C=O) groups is 1. The van der Waals surface area contributed by atoms with Gasteiger partial charge in [-0.2, -0.15) is 0 Å². The van der Waals surface area contributed by atoms with Crippen LogP contribution in [-0.2, 0) is 11.8 Å². The minimum atomic E-state index is -0.351. The summed E-state index contributed by atoms with van der Waals surface area (Å²) in [6.07, 6.45) is 1.90. The van der Waals surface area contributed by atoms with Gasteiger partial charge in [0.1, 0.15) is 5.82 Å². The standard InChI is InChI=1S/C22H28FN3O2/c1-13-10-14(2)17-16(11-13)20(27)24(5)19(18(17)23)25-8-9-26(15(3)12-25)21(28)22(4)6-7-22/h10-11,15H,6-9,12H2,1-5H3/t15-/m1/s1. The second-order valence-electron chi connectivity index (χ2n) is 8.86. The number of anilines is 1. The molecule has 1 saturated heterocycles. The van der Waals surface area contributed by atoms with Crippen molar-refractivity contribution in [3.8, 4) is 0 Å². The maximum atomic E-state index is 15.6. The van der Waals surface area contributed by atoms with E-state index in [4.69, 9.17) is 0 Å². The Hall–Kier alpha value is -2.37. The van der Waals surface area contributed by atoms with Gasteiger partial charge in [0.2, 0.25) is 5.91 Å². The van der Waals surface area contributed by atoms with E-state index in [1.165, 1.54) is 4.57 Å². The predicted octanol–water partition coefficient (Wildman–Crippen LogP) is 3.13. The van der Waals surface area contributed by atoms with Crippen molar-refractivity contribution >= 4 is 22.5 Å². The monoisotopic (exact) mass is 385 g/mol. The summed E-state index contributed by atoms with van der Waals surface area (Å²) in [7, 11) is 1.63. The first-order chi connectivity index (χ1) is 13.1. The average Bonchev–Trinajstić information content (AvgIpc) is 3.37. The summed E-state index contributed by atoms with van der Waals surface area (Å²) in [5.41, 5.74) is 1.33. The number of benzene rings is 1. The molecule has 1 aromatic carbocycles. The molecule has 2 aromatic rings. The van der Waals surface area contributed by atoms with Gasteiger partial charge >= 0.3 is 0 Å². The van der Waals surface area contributed by atoms with Crippen LogP contribution in [0.1, 0.15) is 37.8 Å². The molecule has 6 heteroatoms. The van der Waals surface area contributed by atoms with Gasteiger partial charge in [0.25, 0.3) is 5.56 Å². The highest BCUT2D eigenvalue weighted by Gasteiger charge is 2.48. The lowest BCUT2D eigenvalue weighted by molar-refractivity contribution is -0.138. The first-order valence-corrected chi connectivity index (χ1v) is 9.99. The highest BCUT2D eigenvalue weighted by atomic mass is 19.1. The average molecular weight is 385 g/mol. The Morgan fingerprint density at radius 1 is 1.21 bits per heavy atom. The fourth-order valence-corrected chi connectivity index (χ4v) is 4.51. The van der Waals surface area contributed by atoms with Crippen LogP contribution >= 0.6 is 0 Å². The van der Waals surface area contributed by atoms with Crippen LogP contribution in [0.15, 0.2) is 16.9 Å². The lowest BCUT2D eigenvalue weighted by atomic mass is 10.0. The number of aryl methyl sites for hydroxylation is 2. The van der Waals surface area contributed by atoms with E-state index in [2.05, 4.69) is 0 Å². The Kier molecular flexibility index (Phi) is 4.28. The van der Waals surface area contributed by atoms with E-state index in [1.807, 2.05) is 43.6 Å². The third-order valence-corrected chi connectivity index (χ3v) is 6.45. The quantitative estimate of drug-likeness (QED) is 0.798. The summed E-state index contributed by atoms with van der Waals surface area (Å²) < 4.78 is 17.0. The summed E-state index contributed by atoms with van der Waals surface area (Å²) in [6.45, 7) is 9.36. The van der Waals surface area contributed by atoms with Gasteiger partial charge in [-0.1, -0.05) is 18.6 Å². The molecular formula is C22H28FN3O2. The number of hydrogen-bond donors (Lipinski definition) is 0. The smallest absolute Gasteiger partial charge is 0.259 e. The van der Waals surface area contributed by atoms with Crippen LogP contribution in [0.3, 0.4) is 0 Å². The number of pyridine rings is 1. The number of halogens is 1. The molecule has 0 radical (unpaired) electrons. The molecule has 1 saturated carbocycles. The molecule has 1 aliphatic heterocycles. The first-order valence-electron chi connectivity index (χ1n) is 9.99. The molecule has 0 unspecified atom stereocenters. The molecule has 150 valence electrons. The zero-order valence-corrected chi connectivity index (χ0v) is 17.3. The van der Waals surface area contributed by atoms with E-state index in [-0.39, 0.29) is 28.7 Å². The van der Waals surface area contributed by atoms with Gasteiger partial charge in [0, 0.05) is 43.5 Å². The maximum absolute atomic E-state index is 15.6. The summed E-state index contributed by atoms with van der Waals surface area (Å²) in [6, 6.07) is 3.64. The summed E-state index contributed by atoms with van der Waals surface area (Å²) in [4.78, 5) is 29.5. The lowest BCUT2D eigenvalue weighted by Crippen LogP contribution is -2.56. The Morgan fingerprint density at radius 3 is 2.50 bits per heavy atom. The van der Waals surface area contributed by atoms with Crippen molar-refractivity contribution in [2.45, 2.75) is 46.6 Å². The Morgan fingerprint density at radius 2 is 1.89 bits per heavy atom. The normalized spacial score (nSPS) is 21.3. The molecule has 1 aliphatic carbocycles. The van der Waals surface area contributed by atoms with E-state index >= 15 is 4.39 Å². The fraction of sp³-hybridized carbons (Fsp3) is 0.545. The molecule has 28 heavy (non-hydrogen) atoms. The molecule has 5 nitrogen and oxygen atoms in total. The molecule has 1 aromatic heterocycles. The van der Waals surface area contributed by atoms with Crippen LogP contribution in [0.4, 0.5) is 10.2 Å². The lowest BCUT2D eigenvalue weighted by Gasteiger charge is -2.42. The zero-order chi connectivity index (χ0) is 20.4. The molecule has 0 spiro atoms. The predicted molar refractivity (Wildman–Crippen MR) is 109 cm³/mol. The second-order valence-corrected chi connectivity index (χ2v) is 8.86. The van der Waals surface area contributed by atoms with Gasteiger partial charge in [-0.05, 0) is 45.2 Å². The number of carbonyl (C=O) groups excluding carboxylic acids is 1. The SMILES string of the molecule is Cc1cc(C)c2c(F)c(N3CCN(C(=O)C4(C)CC4)[C@H](C)C3)n(C)c(=O)c2c1. The molecule has 2 aliphatic rings. The molecular weight excluding hydrogens is 357 g/mol. The first kappa shape index (κ1) is 19.0. The van der Waals surface area contributed by atoms with Crippen molar-refractivity contribution in [3.05, 3.63) is 39.4 Å². The number of nitrogens with zero attached hydrogens (tertiary/aromatic N) is 3. The van der Waals surface area contributed by atoms with Crippen LogP contribution < -0.4 is 10.5 Å². The number of hydrogen-bond acceptors (Lipinski definition) is 3. The van der Waals surface area contributed by atoms with Crippen molar-refractivity contribution in [2.24, 2.45) is 12.5 Å². The van der Waals surface area contributed by atoms with Crippen LogP contribution in [0.2, 0.25) is 0 Å². The van der Waals surface area contributed by atoms with Gasteiger partial charge in [-0.15, -0.1) is 0 Å². The van der Waals surface area contributed by atoms with E-state index < -0.39 is 0 Å². The van der Waals surface area contributed by atoms with E-state index in [0.717, 1.165) is 24.0 Å². The van der Waals surface area contributed by atoms with Crippen LogP contribution in [0.25, 0.3) is 10.8 Å². The minimum Gasteiger partial charge on any atom is -0.352 e. The third kappa shape index (κ3) is 2.81. The Bertz CT molecular complexity index is 1040. The summed E-state index contributed by atoms with van der Waals surface area (Å²) in [5, 5.41) is 0.824. The van der Waals surface area contributed by atoms with E-state index in [9.17, 15) is 9.59 Å². The number of fused-ring (bicyclic) bond motifs is 1. The van der Waals surface area contributed by atoms with Gasteiger partial charge < -0.3 is 9.80 Å². The van der Waals surface area contributed by atoms with Crippen molar-refractivity contribution in [1.29, 1.82) is 0 Å². The second kappa shape index (κ2) is 6.33. The minimum absolute atomic E-state index is 0.0250. The van der Waals surface area contributed by atoms with Crippen molar-refractivity contribution < 1.29 is 9.18 Å². The van der Waals surface area contributed by atoms with Crippen molar-refractivity contribution in [1.82, 2.24) is 9.47 Å². The van der Waals surface area contributed by atoms with E-state index in [0.29, 0.717) is 36.2 Å². The number of amides is 1. The molecule has 1 amide bonds. The van der Waals surface area contributed by atoms with Gasteiger partial charge in [0.15, 0.2) is 5.82 Å². The number of aromatic nitrogens is 1. The summed E-state index contributed by atoms with van der Waals surface area (Å²) >= 11 is 0. The van der Waals surface area contributed by atoms with Crippen LogP contribution in [0.5, 0.6) is 0 Å². The summed E-state index contributed by atoms with van der Waals surface area (Å²) in [5.74, 6) is 0.176. The van der Waals surface area contributed by atoms with Crippen molar-refractivity contribution in [2.75, 3.05) is 24.5 Å². The highest BCUT2D eigenvalue weighted by Crippen LogP contribution is 2.47. The highest BCUT2D eigenvalue weighted by molar-refractivity contribution is 5.89. The molecule has 2 fully saturated rings. The molecule has 2 heterocycles. The van der Waals surface area contributed by atoms with Crippen LogP contribution in [-0.4, -0.2) is 41.1 Å². The molecule has 4 rings (SSSR count). The number of piperazine rings is 1. The molecule has 1 atom stereocenters. The van der Waals surface area contributed by atoms with Crippen molar-refractivity contribution in [3.63, 3.8) is 0 Å². The van der Waals surface area contributed by atoms with E-state index in [1.54, 1.807) is 13.1 Å². The molecule has 0 N–H and O–H groups in total. The number of rotatable bonds is 2. The largest absolute Gasteiger partial charge is 0.352 e. The molecule has 0 bridgehead atoms. The van der Waals surface area contributed by atoms with Crippen LogP contribution in [0, 0.1) is 25.1 Å². The fourth-order valence-electron chi connectivity index (χ4n) is 4.51. The Labute approximate surface area is 164 Å². The maximum Gasteiger partial charge on any atom is 0.259 e. The Balaban J connectivity index is 1.72. The topological polar surface area (TPSA) is 45.5 Å².